The van der Waals surface area contributed by atoms with E-state index in [1.807, 2.05) is 0 Å². The number of aromatic nitrogens is 3. The lowest BCUT2D eigenvalue weighted by Gasteiger charge is -2.05. The molecule has 0 aliphatic rings. The van der Waals surface area contributed by atoms with E-state index in [1.54, 1.807) is 49.4 Å². The van der Waals surface area contributed by atoms with Gasteiger partial charge in [0.05, 0.1) is 22.0 Å². The number of rotatable bonds is 6. The molecule has 3 rings (SSSR count). The van der Waals surface area contributed by atoms with Gasteiger partial charge >= 0.3 is 0 Å². The van der Waals surface area contributed by atoms with Crippen LogP contribution in [0.1, 0.15) is 16.2 Å². The van der Waals surface area contributed by atoms with Crippen molar-refractivity contribution in [2.45, 2.75) is 11.8 Å². The van der Waals surface area contributed by atoms with E-state index in [1.165, 1.54) is 16.9 Å². The van der Waals surface area contributed by atoms with Crippen LogP contribution < -0.4 is 5.32 Å². The van der Waals surface area contributed by atoms with Gasteiger partial charge < -0.3 is 5.32 Å². The Hall–Kier alpha value is -2.71. The molecule has 1 heterocycles. The molecule has 0 atom stereocenters. The number of nitrogens with zero attached hydrogens (tertiary/aromatic N) is 3. The Morgan fingerprint density at radius 1 is 1.11 bits per heavy atom. The third-order valence-corrected chi connectivity index (χ3v) is 5.76. The number of carbonyl (C=O) groups is 1. The van der Waals surface area contributed by atoms with Gasteiger partial charge in [0.15, 0.2) is 15.5 Å². The molecule has 0 aliphatic carbocycles. The third kappa shape index (κ3) is 4.53. The zero-order valence-corrected chi connectivity index (χ0v) is 16.0. The normalized spacial score (nSPS) is 11.3. The van der Waals surface area contributed by atoms with Gasteiger partial charge in [-0.3, -0.25) is 4.79 Å². The summed E-state index contributed by atoms with van der Waals surface area (Å²) in [5.74, 6) is -0.687. The number of carbonyl (C=O) groups excluding carboxylic acids is 1. The van der Waals surface area contributed by atoms with Crippen molar-refractivity contribution in [1.82, 2.24) is 20.3 Å². The Labute approximate surface area is 161 Å². The first-order valence-electron chi connectivity index (χ1n) is 8.13. The van der Waals surface area contributed by atoms with E-state index in [0.29, 0.717) is 16.4 Å². The highest BCUT2D eigenvalue weighted by Crippen LogP contribution is 2.14. The van der Waals surface area contributed by atoms with Crippen molar-refractivity contribution in [1.29, 1.82) is 0 Å². The second-order valence-electron chi connectivity index (χ2n) is 5.79. The fraction of sp³-hybridized carbons (Fsp3) is 0.167. The highest BCUT2D eigenvalue weighted by molar-refractivity contribution is 7.91. The summed E-state index contributed by atoms with van der Waals surface area (Å²) in [5.41, 5.74) is 1.18. The molecule has 0 aliphatic heterocycles. The molecule has 140 valence electrons. The number of benzene rings is 2. The van der Waals surface area contributed by atoms with Gasteiger partial charge in [0.25, 0.3) is 5.91 Å². The first-order chi connectivity index (χ1) is 12.9. The van der Waals surface area contributed by atoms with Crippen molar-refractivity contribution < 1.29 is 13.2 Å². The number of sulfone groups is 1. The molecule has 0 bridgehead atoms. The molecule has 0 unspecified atom stereocenters. The van der Waals surface area contributed by atoms with Crippen molar-refractivity contribution in [3.05, 3.63) is 71.0 Å². The SMILES string of the molecule is Cc1nn(-c2cccc(Cl)c2)nc1C(=O)NCCS(=O)(=O)c1ccccc1. The van der Waals surface area contributed by atoms with Crippen LogP contribution in [0.15, 0.2) is 59.5 Å². The van der Waals surface area contributed by atoms with Gasteiger partial charge in [0.1, 0.15) is 0 Å². The number of aryl methyl sites for hydroxylation is 1. The van der Waals surface area contributed by atoms with Crippen LogP contribution in [-0.4, -0.2) is 41.6 Å². The maximum atomic E-state index is 12.4. The second kappa shape index (κ2) is 7.89. The molecule has 0 radical (unpaired) electrons. The van der Waals surface area contributed by atoms with Crippen molar-refractivity contribution in [2.24, 2.45) is 0 Å². The summed E-state index contributed by atoms with van der Waals surface area (Å²) in [6.45, 7) is 1.63. The van der Waals surface area contributed by atoms with E-state index < -0.39 is 15.7 Å². The molecule has 0 fully saturated rings. The Bertz CT molecular complexity index is 1070. The van der Waals surface area contributed by atoms with Crippen LogP contribution in [-0.2, 0) is 9.84 Å². The Morgan fingerprint density at radius 3 is 2.56 bits per heavy atom. The van der Waals surface area contributed by atoms with Gasteiger partial charge in [-0.05, 0) is 37.3 Å². The average molecular weight is 405 g/mol. The lowest BCUT2D eigenvalue weighted by Crippen LogP contribution is -2.30. The lowest BCUT2D eigenvalue weighted by atomic mass is 10.3. The fourth-order valence-electron chi connectivity index (χ4n) is 2.43. The molecule has 1 amide bonds. The number of hydrogen-bond donors (Lipinski definition) is 1. The summed E-state index contributed by atoms with van der Waals surface area (Å²) in [6, 6.07) is 15.0. The van der Waals surface area contributed by atoms with Crippen LogP contribution in [0.2, 0.25) is 5.02 Å². The average Bonchev–Trinajstić information content (AvgIpc) is 3.04. The number of amides is 1. The molecule has 9 heteroatoms. The van der Waals surface area contributed by atoms with Crippen molar-refractivity contribution in [2.75, 3.05) is 12.3 Å². The predicted molar refractivity (Wildman–Crippen MR) is 102 cm³/mol. The highest BCUT2D eigenvalue weighted by Gasteiger charge is 2.18. The summed E-state index contributed by atoms with van der Waals surface area (Å²) in [7, 11) is -3.46. The molecule has 3 aromatic rings. The maximum Gasteiger partial charge on any atom is 0.273 e. The first kappa shape index (κ1) is 19.1. The summed E-state index contributed by atoms with van der Waals surface area (Å²) in [4.78, 5) is 13.9. The number of halogens is 1. The van der Waals surface area contributed by atoms with E-state index in [4.69, 9.17) is 11.6 Å². The molecule has 0 saturated carbocycles. The van der Waals surface area contributed by atoms with E-state index in [-0.39, 0.29) is 22.9 Å². The van der Waals surface area contributed by atoms with Gasteiger partial charge in [-0.1, -0.05) is 35.9 Å². The Balaban J connectivity index is 1.67. The van der Waals surface area contributed by atoms with Crippen molar-refractivity contribution >= 4 is 27.3 Å². The highest BCUT2D eigenvalue weighted by atomic mass is 35.5. The van der Waals surface area contributed by atoms with Crippen LogP contribution in [0, 0.1) is 6.92 Å². The van der Waals surface area contributed by atoms with Crippen LogP contribution in [0.5, 0.6) is 0 Å². The van der Waals surface area contributed by atoms with E-state index in [2.05, 4.69) is 15.5 Å². The van der Waals surface area contributed by atoms with Crippen molar-refractivity contribution in [3.8, 4) is 5.69 Å². The minimum Gasteiger partial charge on any atom is -0.350 e. The minimum atomic E-state index is -3.46. The Morgan fingerprint density at radius 2 is 1.85 bits per heavy atom. The number of hydrogen-bond acceptors (Lipinski definition) is 5. The minimum absolute atomic E-state index is 0.0282. The molecule has 0 saturated heterocycles. The monoisotopic (exact) mass is 404 g/mol. The largest absolute Gasteiger partial charge is 0.350 e. The van der Waals surface area contributed by atoms with Gasteiger partial charge in [0.2, 0.25) is 0 Å². The summed E-state index contributed by atoms with van der Waals surface area (Å²) >= 11 is 5.96. The topological polar surface area (TPSA) is 93.9 Å². The van der Waals surface area contributed by atoms with E-state index in [9.17, 15) is 13.2 Å². The molecule has 1 N–H and O–H groups in total. The van der Waals surface area contributed by atoms with Crippen LogP contribution >= 0.6 is 11.6 Å². The van der Waals surface area contributed by atoms with Gasteiger partial charge in [-0.15, -0.1) is 5.10 Å². The van der Waals surface area contributed by atoms with Gasteiger partial charge in [-0.2, -0.15) is 9.90 Å². The summed E-state index contributed by atoms with van der Waals surface area (Å²) in [6.07, 6.45) is 0. The van der Waals surface area contributed by atoms with E-state index >= 15 is 0 Å². The van der Waals surface area contributed by atoms with Crippen LogP contribution in [0.25, 0.3) is 5.69 Å². The molecule has 1 aromatic heterocycles. The first-order valence-corrected chi connectivity index (χ1v) is 10.2. The van der Waals surface area contributed by atoms with Gasteiger partial charge in [0, 0.05) is 11.6 Å². The third-order valence-electron chi connectivity index (χ3n) is 3.80. The second-order valence-corrected chi connectivity index (χ2v) is 8.34. The zero-order chi connectivity index (χ0) is 19.4. The fourth-order valence-corrected chi connectivity index (χ4v) is 3.80. The maximum absolute atomic E-state index is 12.4. The standard InChI is InChI=1S/C18H17ClN4O3S/c1-13-17(22-23(21-13)15-7-5-6-14(19)12-15)18(24)20-10-11-27(25,26)16-8-3-2-4-9-16/h2-9,12H,10-11H2,1H3,(H,20,24). The molecule has 27 heavy (non-hydrogen) atoms. The number of nitrogens with one attached hydrogen (secondary N) is 1. The van der Waals surface area contributed by atoms with Crippen LogP contribution in [0.4, 0.5) is 0 Å². The van der Waals surface area contributed by atoms with Crippen molar-refractivity contribution in [3.63, 3.8) is 0 Å². The molecule has 7 nitrogen and oxygen atoms in total. The summed E-state index contributed by atoms with van der Waals surface area (Å²) < 4.78 is 24.5. The lowest BCUT2D eigenvalue weighted by molar-refractivity contribution is 0.0950. The summed E-state index contributed by atoms with van der Waals surface area (Å²) in [5, 5.41) is 11.5. The van der Waals surface area contributed by atoms with Crippen LogP contribution in [0.3, 0.4) is 0 Å². The Kier molecular flexibility index (Phi) is 5.57. The zero-order valence-electron chi connectivity index (χ0n) is 14.5. The predicted octanol–water partition coefficient (Wildman–Crippen LogP) is 2.43. The van der Waals surface area contributed by atoms with E-state index in [0.717, 1.165) is 0 Å². The molecule has 0 spiro atoms. The molecule has 2 aromatic carbocycles. The molecular weight excluding hydrogens is 388 g/mol. The smallest absolute Gasteiger partial charge is 0.273 e. The molecular formula is C18H17ClN4O3S. The quantitative estimate of drug-likeness (QED) is 0.681. The van der Waals surface area contributed by atoms with Gasteiger partial charge in [-0.25, -0.2) is 8.42 Å².